The van der Waals surface area contributed by atoms with Gasteiger partial charge in [-0.05, 0) is 47.7 Å². The topological polar surface area (TPSA) is 70.0 Å². The van der Waals surface area contributed by atoms with Crippen molar-refractivity contribution in [2.75, 3.05) is 4.72 Å². The molecule has 15 heavy (non-hydrogen) atoms. The van der Waals surface area contributed by atoms with Gasteiger partial charge in [0.15, 0.2) is 5.25 Å². The van der Waals surface area contributed by atoms with Crippen molar-refractivity contribution in [1.82, 2.24) is 0 Å². The molecule has 6 heteroatoms. The second kappa shape index (κ2) is 4.81. The summed E-state index contributed by atoms with van der Waals surface area (Å²) in [5, 5.41) is 7.47. The highest BCUT2D eigenvalue weighted by molar-refractivity contribution is 14.1. The molecule has 0 saturated carbocycles. The Morgan fingerprint density at radius 1 is 1.53 bits per heavy atom. The molecule has 0 radical (unpaired) electrons. The van der Waals surface area contributed by atoms with Crippen LogP contribution >= 0.6 is 22.6 Å². The van der Waals surface area contributed by atoms with Crippen molar-refractivity contribution >= 4 is 38.3 Å². The van der Waals surface area contributed by atoms with Gasteiger partial charge in [-0.3, -0.25) is 4.72 Å². The van der Waals surface area contributed by atoms with Crippen molar-refractivity contribution in [3.05, 3.63) is 27.8 Å². The molecule has 1 aromatic rings. The number of hydrogen-bond donors (Lipinski definition) is 1. The molecule has 1 unspecified atom stereocenters. The molecule has 0 amide bonds. The number of rotatable bonds is 3. The summed E-state index contributed by atoms with van der Waals surface area (Å²) in [5.41, 5.74) is 0.476. The zero-order valence-corrected chi connectivity index (χ0v) is 10.9. The first-order valence-electron chi connectivity index (χ1n) is 4.12. The molecule has 0 heterocycles. The quantitative estimate of drug-likeness (QED) is 0.858. The third-order valence-electron chi connectivity index (χ3n) is 1.73. The molecule has 0 spiro atoms. The molecule has 1 aromatic carbocycles. The molecule has 0 aliphatic rings. The number of nitrogens with zero attached hydrogens (tertiary/aromatic N) is 1. The molecule has 1 rings (SSSR count). The lowest BCUT2D eigenvalue weighted by Crippen LogP contribution is -2.23. The number of halogens is 1. The second-order valence-corrected chi connectivity index (χ2v) is 6.18. The average Bonchev–Trinajstić information content (AvgIpc) is 2.15. The van der Waals surface area contributed by atoms with E-state index in [0.717, 1.165) is 3.57 Å². The summed E-state index contributed by atoms with van der Waals surface area (Å²) in [5.74, 6) is 0. The van der Waals surface area contributed by atoms with Gasteiger partial charge in [-0.25, -0.2) is 8.42 Å². The van der Waals surface area contributed by atoms with E-state index in [1.165, 1.54) is 6.92 Å². The Kier molecular flexibility index (Phi) is 3.93. The summed E-state index contributed by atoms with van der Waals surface area (Å²) in [7, 11) is -3.59. The number of nitrogens with one attached hydrogen (secondary N) is 1. The summed E-state index contributed by atoms with van der Waals surface area (Å²) in [4.78, 5) is 0. The van der Waals surface area contributed by atoms with E-state index in [-0.39, 0.29) is 0 Å². The maximum absolute atomic E-state index is 11.5. The zero-order chi connectivity index (χ0) is 11.5. The van der Waals surface area contributed by atoms with E-state index in [4.69, 9.17) is 5.26 Å². The standard InChI is InChI=1S/C9H9IN2O2S/c1-7(6-11)15(13,14)12-9-4-2-3-8(10)5-9/h2-5,7,12H,1H3. The van der Waals surface area contributed by atoms with Gasteiger partial charge in [0.05, 0.1) is 6.07 Å². The lowest BCUT2D eigenvalue weighted by molar-refractivity contribution is 0.597. The van der Waals surface area contributed by atoms with E-state index in [9.17, 15) is 8.42 Å². The summed E-state index contributed by atoms with van der Waals surface area (Å²) in [6.45, 7) is 1.34. The minimum atomic E-state index is -3.59. The highest BCUT2D eigenvalue weighted by Crippen LogP contribution is 2.15. The van der Waals surface area contributed by atoms with Crippen LogP contribution in [0.1, 0.15) is 6.92 Å². The number of benzene rings is 1. The summed E-state index contributed by atoms with van der Waals surface area (Å²) in [6, 6.07) is 8.63. The van der Waals surface area contributed by atoms with Gasteiger partial charge >= 0.3 is 0 Å². The average molecular weight is 336 g/mol. The molecule has 0 aromatic heterocycles. The lowest BCUT2D eigenvalue weighted by atomic mass is 10.3. The van der Waals surface area contributed by atoms with Gasteiger partial charge < -0.3 is 0 Å². The molecular formula is C9H9IN2O2S. The van der Waals surface area contributed by atoms with Crippen molar-refractivity contribution < 1.29 is 8.42 Å². The van der Waals surface area contributed by atoms with Crippen molar-refractivity contribution in [2.24, 2.45) is 0 Å². The maximum Gasteiger partial charge on any atom is 0.248 e. The van der Waals surface area contributed by atoms with Crippen molar-refractivity contribution in [2.45, 2.75) is 12.2 Å². The SMILES string of the molecule is CC(C#N)S(=O)(=O)Nc1cccc(I)c1. The van der Waals surface area contributed by atoms with Gasteiger partial charge in [-0.2, -0.15) is 5.26 Å². The number of anilines is 1. The van der Waals surface area contributed by atoms with Gasteiger partial charge in [0.25, 0.3) is 0 Å². The molecule has 0 aliphatic heterocycles. The van der Waals surface area contributed by atoms with Crippen molar-refractivity contribution in [3.63, 3.8) is 0 Å². The van der Waals surface area contributed by atoms with E-state index < -0.39 is 15.3 Å². The first-order valence-corrected chi connectivity index (χ1v) is 6.75. The van der Waals surface area contributed by atoms with Crippen molar-refractivity contribution in [1.29, 1.82) is 5.26 Å². The zero-order valence-electron chi connectivity index (χ0n) is 7.94. The fourth-order valence-corrected chi connectivity index (χ4v) is 2.19. The van der Waals surface area contributed by atoms with Crippen LogP contribution in [0.4, 0.5) is 5.69 Å². The summed E-state index contributed by atoms with van der Waals surface area (Å²) >= 11 is 2.08. The number of hydrogen-bond acceptors (Lipinski definition) is 3. The van der Waals surface area contributed by atoms with Crippen LogP contribution in [-0.4, -0.2) is 13.7 Å². The molecular weight excluding hydrogens is 327 g/mol. The van der Waals surface area contributed by atoms with Crippen LogP contribution in [-0.2, 0) is 10.0 Å². The number of nitriles is 1. The largest absolute Gasteiger partial charge is 0.282 e. The molecule has 1 atom stereocenters. The van der Waals surface area contributed by atoms with Gasteiger partial charge in [0, 0.05) is 9.26 Å². The first kappa shape index (κ1) is 12.3. The van der Waals surface area contributed by atoms with E-state index in [1.807, 2.05) is 6.07 Å². The van der Waals surface area contributed by atoms with Crippen LogP contribution in [0.15, 0.2) is 24.3 Å². The van der Waals surface area contributed by atoms with Crippen LogP contribution in [0.3, 0.4) is 0 Å². The van der Waals surface area contributed by atoms with Gasteiger partial charge in [-0.1, -0.05) is 6.07 Å². The Morgan fingerprint density at radius 2 is 2.20 bits per heavy atom. The molecule has 1 N–H and O–H groups in total. The first-order chi connectivity index (χ1) is 6.95. The van der Waals surface area contributed by atoms with Crippen LogP contribution in [0.25, 0.3) is 0 Å². The summed E-state index contributed by atoms with van der Waals surface area (Å²) in [6.07, 6.45) is 0. The van der Waals surface area contributed by atoms with E-state index >= 15 is 0 Å². The molecule has 0 saturated heterocycles. The molecule has 0 aliphatic carbocycles. The van der Waals surface area contributed by atoms with E-state index in [1.54, 1.807) is 24.3 Å². The van der Waals surface area contributed by atoms with Crippen LogP contribution in [0, 0.1) is 14.9 Å². The fourth-order valence-electron chi connectivity index (χ4n) is 0.874. The molecule has 0 fully saturated rings. The third-order valence-corrected chi connectivity index (χ3v) is 3.96. The minimum absolute atomic E-state index is 0.476. The highest BCUT2D eigenvalue weighted by atomic mass is 127. The predicted octanol–water partition coefficient (Wildman–Crippen LogP) is 1.94. The Morgan fingerprint density at radius 3 is 2.73 bits per heavy atom. The minimum Gasteiger partial charge on any atom is -0.282 e. The van der Waals surface area contributed by atoms with Crippen LogP contribution in [0.5, 0.6) is 0 Å². The highest BCUT2D eigenvalue weighted by Gasteiger charge is 2.19. The number of sulfonamides is 1. The fraction of sp³-hybridized carbons (Fsp3) is 0.222. The Bertz CT molecular complexity index is 493. The predicted molar refractivity (Wildman–Crippen MR) is 66.8 cm³/mol. The van der Waals surface area contributed by atoms with Gasteiger partial charge in [0.1, 0.15) is 0 Å². The van der Waals surface area contributed by atoms with Crippen LogP contribution in [0.2, 0.25) is 0 Å². The van der Waals surface area contributed by atoms with Crippen molar-refractivity contribution in [3.8, 4) is 6.07 Å². The Balaban J connectivity index is 2.93. The maximum atomic E-state index is 11.5. The third kappa shape index (κ3) is 3.35. The van der Waals surface area contributed by atoms with Gasteiger partial charge in [0.2, 0.25) is 10.0 Å². The smallest absolute Gasteiger partial charge is 0.248 e. The van der Waals surface area contributed by atoms with E-state index in [0.29, 0.717) is 5.69 Å². The normalized spacial score (nSPS) is 12.9. The molecule has 4 nitrogen and oxygen atoms in total. The summed E-state index contributed by atoms with van der Waals surface area (Å²) < 4.78 is 26.3. The monoisotopic (exact) mass is 336 g/mol. The van der Waals surface area contributed by atoms with Gasteiger partial charge in [-0.15, -0.1) is 0 Å². The van der Waals surface area contributed by atoms with E-state index in [2.05, 4.69) is 27.3 Å². The Labute approximate surface area is 102 Å². The molecule has 0 bridgehead atoms. The molecule has 80 valence electrons. The van der Waals surface area contributed by atoms with Crippen LogP contribution < -0.4 is 4.72 Å². The lowest BCUT2D eigenvalue weighted by Gasteiger charge is -2.08. The Hall–Kier alpha value is -0.810. The second-order valence-electron chi connectivity index (χ2n) is 2.93.